The molecule has 0 radical (unpaired) electrons. The van der Waals surface area contributed by atoms with E-state index in [0.717, 1.165) is 50.5 Å². The van der Waals surface area contributed by atoms with E-state index in [1.807, 2.05) is 66.7 Å². The molecule has 35 heavy (non-hydrogen) atoms. The van der Waals surface area contributed by atoms with Crippen molar-refractivity contribution in [2.24, 2.45) is 5.73 Å². The highest BCUT2D eigenvalue weighted by Crippen LogP contribution is 2.36. The van der Waals surface area contributed by atoms with Gasteiger partial charge in [0, 0.05) is 16.5 Å². The van der Waals surface area contributed by atoms with Crippen LogP contribution in [-0.2, 0) is 10.0 Å². The van der Waals surface area contributed by atoms with Gasteiger partial charge in [-0.05, 0) is 64.2 Å². The first kappa shape index (κ1) is 22.4. The largest absolute Gasteiger partial charge is 0.364 e. The lowest BCUT2D eigenvalue weighted by Gasteiger charge is -2.15. The Labute approximate surface area is 203 Å². The predicted molar refractivity (Wildman–Crippen MR) is 142 cm³/mol. The van der Waals surface area contributed by atoms with Crippen LogP contribution in [0.25, 0.3) is 44.3 Å². The van der Waals surface area contributed by atoms with E-state index in [0.29, 0.717) is 11.4 Å². The van der Waals surface area contributed by atoms with Crippen LogP contribution < -0.4 is 10.5 Å². The SMILES string of the molecule is CS(=O)(=O)Nc1ccccc1-c1cc(-c2ccccc2)cc(-c2ccc3cc(C(N)=O)[nH]c3c2)c1. The maximum atomic E-state index is 12.0. The normalized spacial score (nSPS) is 11.5. The summed E-state index contributed by atoms with van der Waals surface area (Å²) in [7, 11) is -3.45. The molecule has 1 amide bonds. The van der Waals surface area contributed by atoms with Crippen LogP contribution in [0.5, 0.6) is 0 Å². The standard InChI is InChI=1S/C28H23N3O3S/c1-35(33,34)31-25-10-6-5-9-24(25)23-14-21(18-7-3-2-4-8-18)13-22(15-23)19-11-12-20-17-27(28(29)32)30-26(20)16-19/h2-17,30-31H,1H3,(H2,29,32). The smallest absolute Gasteiger partial charge is 0.265 e. The van der Waals surface area contributed by atoms with Crippen molar-refractivity contribution >= 4 is 32.5 Å². The zero-order valence-corrected chi connectivity index (χ0v) is 19.8. The summed E-state index contributed by atoms with van der Waals surface area (Å²) < 4.78 is 26.6. The number of benzene rings is 4. The Morgan fingerprint density at radius 3 is 2.11 bits per heavy atom. The predicted octanol–water partition coefficient (Wildman–Crippen LogP) is 5.64. The van der Waals surface area contributed by atoms with Crippen molar-refractivity contribution in [3.63, 3.8) is 0 Å². The lowest BCUT2D eigenvalue weighted by Crippen LogP contribution is -2.10. The summed E-state index contributed by atoms with van der Waals surface area (Å²) in [6.45, 7) is 0. The molecular formula is C28H23N3O3S. The highest BCUT2D eigenvalue weighted by Gasteiger charge is 2.13. The van der Waals surface area contributed by atoms with E-state index in [-0.39, 0.29) is 0 Å². The fourth-order valence-electron chi connectivity index (χ4n) is 4.21. The molecule has 7 heteroatoms. The molecule has 174 valence electrons. The molecule has 1 heterocycles. The summed E-state index contributed by atoms with van der Waals surface area (Å²) in [6.07, 6.45) is 1.14. The van der Waals surface area contributed by atoms with Crippen molar-refractivity contribution in [3.05, 3.63) is 103 Å². The minimum atomic E-state index is -3.45. The maximum absolute atomic E-state index is 12.0. The molecule has 0 bridgehead atoms. The van der Waals surface area contributed by atoms with Crippen molar-refractivity contribution < 1.29 is 13.2 Å². The summed E-state index contributed by atoms with van der Waals surface area (Å²) in [5.74, 6) is -0.508. The number of H-pyrrole nitrogens is 1. The summed E-state index contributed by atoms with van der Waals surface area (Å²) in [6, 6.07) is 31.2. The number of fused-ring (bicyclic) bond motifs is 1. The molecule has 0 atom stereocenters. The van der Waals surface area contributed by atoms with Crippen molar-refractivity contribution in [1.29, 1.82) is 0 Å². The number of sulfonamides is 1. The fraction of sp³-hybridized carbons (Fsp3) is 0.0357. The lowest BCUT2D eigenvalue weighted by atomic mass is 9.92. The molecule has 4 aromatic carbocycles. The van der Waals surface area contributed by atoms with E-state index < -0.39 is 15.9 Å². The molecule has 6 nitrogen and oxygen atoms in total. The van der Waals surface area contributed by atoms with Crippen LogP contribution in [0.1, 0.15) is 10.5 Å². The van der Waals surface area contributed by atoms with Crippen molar-refractivity contribution in [2.45, 2.75) is 0 Å². The van der Waals surface area contributed by atoms with Crippen LogP contribution in [0.15, 0.2) is 97.1 Å². The Morgan fingerprint density at radius 1 is 0.743 bits per heavy atom. The van der Waals surface area contributed by atoms with Crippen LogP contribution >= 0.6 is 0 Å². The van der Waals surface area contributed by atoms with Gasteiger partial charge in [0.05, 0.1) is 11.9 Å². The molecule has 0 spiro atoms. The van der Waals surface area contributed by atoms with E-state index in [9.17, 15) is 13.2 Å². The van der Waals surface area contributed by atoms with E-state index in [4.69, 9.17) is 5.73 Å². The number of aromatic amines is 1. The van der Waals surface area contributed by atoms with Crippen LogP contribution in [0.4, 0.5) is 5.69 Å². The van der Waals surface area contributed by atoms with Crippen molar-refractivity contribution in [2.75, 3.05) is 11.0 Å². The van der Waals surface area contributed by atoms with Gasteiger partial charge in [0.1, 0.15) is 5.69 Å². The number of aromatic nitrogens is 1. The number of nitrogens with two attached hydrogens (primary N) is 1. The third kappa shape index (κ3) is 4.81. The molecule has 0 aliphatic rings. The Balaban J connectivity index is 1.71. The van der Waals surface area contributed by atoms with Gasteiger partial charge in [0.15, 0.2) is 0 Å². The fourth-order valence-corrected chi connectivity index (χ4v) is 4.79. The van der Waals surface area contributed by atoms with E-state index in [1.165, 1.54) is 0 Å². The maximum Gasteiger partial charge on any atom is 0.265 e. The molecule has 5 rings (SSSR count). The minimum Gasteiger partial charge on any atom is -0.364 e. The third-order valence-electron chi connectivity index (χ3n) is 5.79. The van der Waals surface area contributed by atoms with Gasteiger partial charge < -0.3 is 10.7 Å². The number of carbonyl (C=O) groups excluding carboxylic acids is 1. The Kier molecular flexibility index (Phi) is 5.62. The first-order valence-corrected chi connectivity index (χ1v) is 12.9. The van der Waals surface area contributed by atoms with Gasteiger partial charge in [0.2, 0.25) is 10.0 Å². The van der Waals surface area contributed by atoms with Crippen molar-refractivity contribution in [1.82, 2.24) is 4.98 Å². The average Bonchev–Trinajstić information content (AvgIpc) is 3.28. The molecule has 4 N–H and O–H groups in total. The minimum absolute atomic E-state index is 0.358. The third-order valence-corrected chi connectivity index (χ3v) is 6.39. The van der Waals surface area contributed by atoms with Gasteiger partial charge in [-0.1, -0.05) is 60.7 Å². The van der Waals surface area contributed by atoms with Crippen LogP contribution in [0.3, 0.4) is 0 Å². The average molecular weight is 482 g/mol. The summed E-state index contributed by atoms with van der Waals surface area (Å²) in [5.41, 5.74) is 12.7. The molecule has 0 aliphatic heterocycles. The van der Waals surface area contributed by atoms with Gasteiger partial charge in [0.25, 0.3) is 5.91 Å². The number of carbonyl (C=O) groups is 1. The number of rotatable bonds is 6. The molecular weight excluding hydrogens is 458 g/mol. The highest BCUT2D eigenvalue weighted by molar-refractivity contribution is 7.92. The number of hydrogen-bond donors (Lipinski definition) is 3. The number of nitrogens with one attached hydrogen (secondary N) is 2. The van der Waals surface area contributed by atoms with Crippen LogP contribution in [0.2, 0.25) is 0 Å². The first-order valence-electron chi connectivity index (χ1n) is 11.0. The molecule has 0 unspecified atom stereocenters. The number of anilines is 1. The quantitative estimate of drug-likeness (QED) is 0.292. The van der Waals surface area contributed by atoms with Crippen LogP contribution in [-0.4, -0.2) is 25.6 Å². The van der Waals surface area contributed by atoms with E-state index in [1.54, 1.807) is 18.2 Å². The van der Waals surface area contributed by atoms with Crippen LogP contribution in [0, 0.1) is 0 Å². The van der Waals surface area contributed by atoms with E-state index in [2.05, 4.69) is 21.8 Å². The zero-order valence-electron chi connectivity index (χ0n) is 18.9. The molecule has 0 saturated heterocycles. The second-order valence-electron chi connectivity index (χ2n) is 8.43. The first-order chi connectivity index (χ1) is 16.8. The topological polar surface area (TPSA) is 105 Å². The summed E-state index contributed by atoms with van der Waals surface area (Å²) in [5, 5.41) is 0.893. The zero-order chi connectivity index (χ0) is 24.6. The van der Waals surface area contributed by atoms with Gasteiger partial charge in [-0.2, -0.15) is 0 Å². The molecule has 0 aliphatic carbocycles. The summed E-state index contributed by atoms with van der Waals surface area (Å²) >= 11 is 0. The highest BCUT2D eigenvalue weighted by atomic mass is 32.2. The lowest BCUT2D eigenvalue weighted by molar-refractivity contribution is 0.0996. The molecule has 0 saturated carbocycles. The number of primary amides is 1. The van der Waals surface area contributed by atoms with Gasteiger partial charge in [-0.3, -0.25) is 9.52 Å². The van der Waals surface area contributed by atoms with Gasteiger partial charge >= 0.3 is 0 Å². The second kappa shape index (κ2) is 8.77. The molecule has 5 aromatic rings. The van der Waals surface area contributed by atoms with Crippen molar-refractivity contribution in [3.8, 4) is 33.4 Å². The number of para-hydroxylation sites is 1. The van der Waals surface area contributed by atoms with E-state index >= 15 is 0 Å². The monoisotopic (exact) mass is 481 g/mol. The Morgan fingerprint density at radius 2 is 1.40 bits per heavy atom. The molecule has 1 aromatic heterocycles. The summed E-state index contributed by atoms with van der Waals surface area (Å²) in [4.78, 5) is 14.7. The Hall–Kier alpha value is -4.36. The number of amides is 1. The Bertz CT molecular complexity index is 1670. The van der Waals surface area contributed by atoms with Gasteiger partial charge in [-0.25, -0.2) is 8.42 Å². The van der Waals surface area contributed by atoms with Gasteiger partial charge in [-0.15, -0.1) is 0 Å². The number of hydrogen-bond acceptors (Lipinski definition) is 3. The second-order valence-corrected chi connectivity index (χ2v) is 10.2. The molecule has 0 fully saturated rings.